The highest BCUT2D eigenvalue weighted by Crippen LogP contribution is 2.42. The summed E-state index contributed by atoms with van der Waals surface area (Å²) in [6.07, 6.45) is 0. The molecule has 0 spiro atoms. The van der Waals surface area contributed by atoms with E-state index >= 15 is 0 Å². The number of amides is 1. The Balaban J connectivity index is 2.38. The minimum atomic E-state index is -1.51. The molecule has 2 saturated heterocycles. The lowest BCUT2D eigenvalue weighted by Crippen LogP contribution is -2.64. The summed E-state index contributed by atoms with van der Waals surface area (Å²) in [7, 11) is -1.51. The fourth-order valence-electron chi connectivity index (χ4n) is 2.23. The van der Waals surface area contributed by atoms with Gasteiger partial charge in [0, 0.05) is 0 Å². The van der Waals surface area contributed by atoms with Crippen molar-refractivity contribution in [1.29, 1.82) is 0 Å². The molecule has 100 valence electrons. The van der Waals surface area contributed by atoms with E-state index in [1.165, 1.54) is 0 Å². The van der Waals surface area contributed by atoms with Gasteiger partial charge in [0.15, 0.2) is 11.1 Å². The third kappa shape index (κ3) is 1.48. The van der Waals surface area contributed by atoms with Crippen molar-refractivity contribution >= 4 is 28.4 Å². The number of nitrogens with zero attached hydrogens (tertiary/aromatic N) is 2. The number of hydrogen-bond donors (Lipinski definition) is 1. The van der Waals surface area contributed by atoms with E-state index in [1.807, 2.05) is 0 Å². The van der Waals surface area contributed by atoms with Gasteiger partial charge in [-0.2, -0.15) is 0 Å². The van der Waals surface area contributed by atoms with Gasteiger partial charge < -0.3 is 14.8 Å². The minimum Gasteiger partial charge on any atom is -0.480 e. The first-order valence-electron chi connectivity index (χ1n) is 5.50. The fourth-order valence-corrected chi connectivity index (χ4v) is 4.01. The number of β-lactam (4-membered cyclic amide) rings is 1. The summed E-state index contributed by atoms with van der Waals surface area (Å²) in [5, 5.41) is 12.0. The predicted molar refractivity (Wildman–Crippen MR) is 63.3 cm³/mol. The SMILES string of the molecule is CCO/N=C1\C(=O)N2[C@@H]1S(=O)C(C)(C)[C@@H]2C(=O)O. The normalized spacial score (nSPS) is 35.3. The Labute approximate surface area is 106 Å². The molecule has 2 aliphatic heterocycles. The van der Waals surface area contributed by atoms with Crippen LogP contribution in [-0.4, -0.2) is 54.6 Å². The van der Waals surface area contributed by atoms with Gasteiger partial charge in [0.1, 0.15) is 12.6 Å². The molecule has 1 amide bonds. The van der Waals surface area contributed by atoms with Crippen LogP contribution in [0.1, 0.15) is 20.8 Å². The molecular formula is C10H14N2O5S. The molecule has 2 aliphatic rings. The van der Waals surface area contributed by atoms with E-state index in [1.54, 1.807) is 20.8 Å². The average Bonchev–Trinajstić information content (AvgIpc) is 2.47. The summed E-state index contributed by atoms with van der Waals surface area (Å²) >= 11 is 0. The molecule has 0 aromatic heterocycles. The molecule has 8 heteroatoms. The zero-order valence-electron chi connectivity index (χ0n) is 10.2. The van der Waals surface area contributed by atoms with Crippen LogP contribution < -0.4 is 0 Å². The molecule has 0 aliphatic carbocycles. The first-order chi connectivity index (χ1) is 8.34. The van der Waals surface area contributed by atoms with Crippen molar-refractivity contribution < 1.29 is 23.7 Å². The van der Waals surface area contributed by atoms with Crippen LogP contribution in [0.4, 0.5) is 0 Å². The molecule has 7 nitrogen and oxygen atoms in total. The molecule has 1 N–H and O–H groups in total. The third-order valence-electron chi connectivity index (χ3n) is 3.12. The number of oxime groups is 1. The standard InChI is InChI=1S/C10H14N2O5S/c1-4-17-11-5-7(13)12-6(9(14)15)10(2,3)18(16)8(5)12/h6,8H,4H2,1-3H3,(H,14,15)/b11-5+/t6-,8+,18?/m0/s1. The lowest BCUT2D eigenvalue weighted by atomic mass is 9.98. The van der Waals surface area contributed by atoms with Crippen molar-refractivity contribution in [1.82, 2.24) is 4.90 Å². The monoisotopic (exact) mass is 274 g/mol. The van der Waals surface area contributed by atoms with Crippen molar-refractivity contribution in [3.05, 3.63) is 0 Å². The van der Waals surface area contributed by atoms with Gasteiger partial charge in [-0.15, -0.1) is 0 Å². The number of aliphatic carboxylic acids is 1. The second-order valence-electron chi connectivity index (χ2n) is 4.60. The van der Waals surface area contributed by atoms with Gasteiger partial charge in [-0.25, -0.2) is 4.79 Å². The van der Waals surface area contributed by atoms with E-state index in [4.69, 9.17) is 9.94 Å². The molecule has 2 fully saturated rings. The molecule has 0 aromatic carbocycles. The number of carbonyl (C=O) groups is 2. The lowest BCUT2D eigenvalue weighted by molar-refractivity contribution is -0.150. The predicted octanol–water partition coefficient (Wildman–Crippen LogP) is -0.459. The molecule has 2 rings (SSSR count). The van der Waals surface area contributed by atoms with Gasteiger partial charge in [-0.05, 0) is 20.8 Å². The quantitative estimate of drug-likeness (QED) is 0.555. The second-order valence-corrected chi connectivity index (χ2v) is 6.69. The maximum absolute atomic E-state index is 12.2. The maximum Gasteiger partial charge on any atom is 0.328 e. The zero-order chi connectivity index (χ0) is 13.7. The molecule has 0 saturated carbocycles. The fraction of sp³-hybridized carbons (Fsp3) is 0.700. The van der Waals surface area contributed by atoms with Crippen LogP contribution in [0.3, 0.4) is 0 Å². The van der Waals surface area contributed by atoms with Gasteiger partial charge in [-0.1, -0.05) is 5.16 Å². The number of hydrogen-bond acceptors (Lipinski definition) is 5. The molecule has 3 atom stereocenters. The highest BCUT2D eigenvalue weighted by Gasteiger charge is 2.67. The number of carboxylic acid groups (broad SMARTS) is 1. The summed E-state index contributed by atoms with van der Waals surface area (Å²) in [6, 6.07) is -1.09. The second kappa shape index (κ2) is 4.04. The zero-order valence-corrected chi connectivity index (χ0v) is 11.1. The van der Waals surface area contributed by atoms with Crippen molar-refractivity contribution in [2.24, 2.45) is 5.16 Å². The number of fused-ring (bicyclic) bond motifs is 1. The van der Waals surface area contributed by atoms with E-state index in [-0.39, 0.29) is 5.71 Å². The van der Waals surface area contributed by atoms with Gasteiger partial charge in [0.05, 0.1) is 15.5 Å². The summed E-state index contributed by atoms with van der Waals surface area (Å²) in [5.41, 5.74) is 0.0482. The van der Waals surface area contributed by atoms with Gasteiger partial charge >= 0.3 is 5.97 Å². The van der Waals surface area contributed by atoms with Crippen molar-refractivity contribution in [2.45, 2.75) is 36.9 Å². The van der Waals surface area contributed by atoms with E-state index in [0.29, 0.717) is 6.61 Å². The number of rotatable bonds is 3. The summed E-state index contributed by atoms with van der Waals surface area (Å²) in [5.74, 6) is -1.67. The largest absolute Gasteiger partial charge is 0.480 e. The summed E-state index contributed by atoms with van der Waals surface area (Å²) in [4.78, 5) is 28.9. The number of carbonyl (C=O) groups excluding carboxylic acids is 1. The Kier molecular flexibility index (Phi) is 2.92. The highest BCUT2D eigenvalue weighted by molar-refractivity contribution is 7.88. The number of carboxylic acids is 1. The van der Waals surface area contributed by atoms with Crippen LogP contribution in [0.2, 0.25) is 0 Å². The van der Waals surface area contributed by atoms with E-state index in [0.717, 1.165) is 4.90 Å². The molecule has 0 bridgehead atoms. The Morgan fingerprint density at radius 3 is 2.72 bits per heavy atom. The van der Waals surface area contributed by atoms with E-state index < -0.39 is 38.8 Å². The molecule has 0 aromatic rings. The van der Waals surface area contributed by atoms with Crippen molar-refractivity contribution in [2.75, 3.05) is 6.61 Å². The molecule has 18 heavy (non-hydrogen) atoms. The summed E-state index contributed by atoms with van der Waals surface area (Å²) < 4.78 is 11.2. The Morgan fingerprint density at radius 2 is 2.22 bits per heavy atom. The van der Waals surface area contributed by atoms with Gasteiger partial charge in [0.25, 0.3) is 5.91 Å². The topological polar surface area (TPSA) is 96.3 Å². The average molecular weight is 274 g/mol. The Morgan fingerprint density at radius 1 is 1.61 bits per heavy atom. The highest BCUT2D eigenvalue weighted by atomic mass is 32.2. The van der Waals surface area contributed by atoms with Gasteiger partial charge in [0.2, 0.25) is 0 Å². The van der Waals surface area contributed by atoms with E-state index in [2.05, 4.69) is 5.16 Å². The Hall–Kier alpha value is -1.44. The van der Waals surface area contributed by atoms with Crippen LogP contribution in [0.15, 0.2) is 5.16 Å². The summed E-state index contributed by atoms with van der Waals surface area (Å²) in [6.45, 7) is 5.15. The van der Waals surface area contributed by atoms with Crippen LogP contribution in [-0.2, 0) is 25.2 Å². The first-order valence-corrected chi connectivity index (χ1v) is 6.71. The smallest absolute Gasteiger partial charge is 0.328 e. The first kappa shape index (κ1) is 13.0. The lowest BCUT2D eigenvalue weighted by Gasteiger charge is -2.36. The van der Waals surface area contributed by atoms with E-state index in [9.17, 15) is 13.8 Å². The van der Waals surface area contributed by atoms with Crippen molar-refractivity contribution in [3.63, 3.8) is 0 Å². The van der Waals surface area contributed by atoms with Crippen LogP contribution in [0.25, 0.3) is 0 Å². The third-order valence-corrected chi connectivity index (χ3v) is 5.24. The van der Waals surface area contributed by atoms with Crippen LogP contribution in [0.5, 0.6) is 0 Å². The van der Waals surface area contributed by atoms with Gasteiger partial charge in [-0.3, -0.25) is 9.00 Å². The minimum absolute atomic E-state index is 0.0482. The molecule has 2 heterocycles. The molecular weight excluding hydrogens is 260 g/mol. The maximum atomic E-state index is 12.2. The Bertz CT molecular complexity index is 473. The van der Waals surface area contributed by atoms with Crippen molar-refractivity contribution in [3.8, 4) is 0 Å². The van der Waals surface area contributed by atoms with Crippen LogP contribution >= 0.6 is 0 Å². The van der Waals surface area contributed by atoms with Crippen LogP contribution in [0, 0.1) is 0 Å². The molecule has 0 radical (unpaired) electrons. The molecule has 1 unspecified atom stereocenters.